The highest BCUT2D eigenvalue weighted by Gasteiger charge is 1.80. The Kier molecular flexibility index (Phi) is 3.40. The van der Waals surface area contributed by atoms with Gasteiger partial charge in [0.1, 0.15) is 0 Å². The molecular formula is C8H10S. The van der Waals surface area contributed by atoms with E-state index in [1.807, 2.05) is 0 Å². The first-order chi connectivity index (χ1) is 3.79. The lowest BCUT2D eigenvalue weighted by Gasteiger charge is -1.90. The largest absolute Gasteiger partial charge is 0.0617 e. The van der Waals surface area contributed by atoms with Gasteiger partial charge >= 0.3 is 0 Å². The Bertz CT molecular complexity index is 164. The van der Waals surface area contributed by atoms with Gasteiger partial charge in [-0.2, -0.15) is 0 Å². The van der Waals surface area contributed by atoms with E-state index in [1.54, 1.807) is 0 Å². The molecule has 0 bridgehead atoms. The van der Waals surface area contributed by atoms with Crippen molar-refractivity contribution in [3.05, 3.63) is 35.4 Å². The second-order valence-electron chi connectivity index (χ2n) is 2.16. The standard InChI is InChI=1S/C8H10.S/c1-7-4-3-5-8(2)6-7;/h3-6H,1-2H3;. The molecule has 1 heteroatoms. The van der Waals surface area contributed by atoms with E-state index in [0.29, 0.717) is 0 Å². The van der Waals surface area contributed by atoms with E-state index in [1.165, 1.54) is 11.1 Å². The van der Waals surface area contributed by atoms with Gasteiger partial charge in [-0.3, -0.25) is 0 Å². The first kappa shape index (κ1) is 8.57. The third-order valence-corrected chi connectivity index (χ3v) is 1.17. The van der Waals surface area contributed by atoms with E-state index in [2.05, 4.69) is 38.1 Å². The van der Waals surface area contributed by atoms with Gasteiger partial charge < -0.3 is 0 Å². The zero-order chi connectivity index (χ0) is 5.98. The van der Waals surface area contributed by atoms with E-state index in [-0.39, 0.29) is 13.5 Å². The van der Waals surface area contributed by atoms with Crippen LogP contribution in [0.3, 0.4) is 0 Å². The number of hydrogen-bond donors (Lipinski definition) is 0. The molecule has 0 nitrogen and oxygen atoms in total. The van der Waals surface area contributed by atoms with E-state index in [4.69, 9.17) is 0 Å². The molecule has 0 aliphatic heterocycles. The molecule has 0 saturated carbocycles. The van der Waals surface area contributed by atoms with Crippen molar-refractivity contribution < 1.29 is 0 Å². The van der Waals surface area contributed by atoms with Gasteiger partial charge in [0.2, 0.25) is 0 Å². The average Bonchev–Trinajstić information content (AvgIpc) is 1.64. The van der Waals surface area contributed by atoms with Gasteiger partial charge in [0, 0.05) is 13.5 Å². The lowest BCUT2D eigenvalue weighted by atomic mass is 10.2. The molecule has 0 aliphatic carbocycles. The lowest BCUT2D eigenvalue weighted by Crippen LogP contribution is -1.71. The second kappa shape index (κ2) is 3.57. The van der Waals surface area contributed by atoms with Crippen LogP contribution in [0.1, 0.15) is 11.1 Å². The number of rotatable bonds is 0. The fourth-order valence-corrected chi connectivity index (χ4v) is 0.807. The van der Waals surface area contributed by atoms with E-state index in [9.17, 15) is 0 Å². The van der Waals surface area contributed by atoms with Crippen LogP contribution in [0.15, 0.2) is 24.3 Å². The maximum absolute atomic E-state index is 2.17. The molecule has 2 radical (unpaired) electrons. The second-order valence-corrected chi connectivity index (χ2v) is 2.16. The maximum atomic E-state index is 2.17. The molecule has 0 unspecified atom stereocenters. The van der Waals surface area contributed by atoms with Crippen molar-refractivity contribution in [3.63, 3.8) is 0 Å². The van der Waals surface area contributed by atoms with Crippen molar-refractivity contribution in [2.24, 2.45) is 0 Å². The molecule has 48 valence electrons. The van der Waals surface area contributed by atoms with Crippen molar-refractivity contribution in [1.29, 1.82) is 0 Å². The summed E-state index contributed by atoms with van der Waals surface area (Å²) in [6.45, 7) is 4.21. The van der Waals surface area contributed by atoms with Crippen molar-refractivity contribution in [3.8, 4) is 0 Å². The van der Waals surface area contributed by atoms with Crippen LogP contribution in [-0.4, -0.2) is 0 Å². The molecule has 0 aliphatic rings. The molecule has 0 aromatic heterocycles. The molecule has 9 heavy (non-hydrogen) atoms. The van der Waals surface area contributed by atoms with Crippen LogP contribution in [0, 0.1) is 13.8 Å². The summed E-state index contributed by atoms with van der Waals surface area (Å²) in [7, 11) is 0. The predicted molar refractivity (Wildman–Crippen MR) is 43.5 cm³/mol. The Balaban J connectivity index is 0.000000640. The molecule has 0 fully saturated rings. The summed E-state index contributed by atoms with van der Waals surface area (Å²) in [5.41, 5.74) is 2.68. The molecule has 0 saturated heterocycles. The monoisotopic (exact) mass is 138 g/mol. The minimum absolute atomic E-state index is 0. The first-order valence-corrected chi connectivity index (χ1v) is 2.82. The van der Waals surface area contributed by atoms with Crippen LogP contribution in [0.4, 0.5) is 0 Å². The molecule has 1 aromatic rings. The fraction of sp³-hybridized carbons (Fsp3) is 0.250. The van der Waals surface area contributed by atoms with E-state index < -0.39 is 0 Å². The molecule has 1 rings (SSSR count). The molecular weight excluding hydrogens is 128 g/mol. The highest BCUT2D eigenvalue weighted by molar-refractivity contribution is 7.59. The van der Waals surface area contributed by atoms with E-state index >= 15 is 0 Å². The molecule has 0 heterocycles. The summed E-state index contributed by atoms with van der Waals surface area (Å²) in [6.07, 6.45) is 0. The number of aryl methyl sites for hydroxylation is 2. The Morgan fingerprint density at radius 1 is 1.00 bits per heavy atom. The lowest BCUT2D eigenvalue weighted by molar-refractivity contribution is 1.39. The average molecular weight is 138 g/mol. The van der Waals surface area contributed by atoms with Gasteiger partial charge in [0.25, 0.3) is 0 Å². The summed E-state index contributed by atoms with van der Waals surface area (Å²) in [6, 6.07) is 8.45. The van der Waals surface area contributed by atoms with Crippen molar-refractivity contribution in [1.82, 2.24) is 0 Å². The molecule has 0 atom stereocenters. The van der Waals surface area contributed by atoms with Crippen LogP contribution in [0.5, 0.6) is 0 Å². The summed E-state index contributed by atoms with van der Waals surface area (Å²) < 4.78 is 0. The summed E-state index contributed by atoms with van der Waals surface area (Å²) in [5, 5.41) is 0. The van der Waals surface area contributed by atoms with Crippen LogP contribution < -0.4 is 0 Å². The van der Waals surface area contributed by atoms with Crippen molar-refractivity contribution in [2.45, 2.75) is 13.8 Å². The smallest absolute Gasteiger partial charge is 0 e. The Morgan fingerprint density at radius 3 is 1.67 bits per heavy atom. The predicted octanol–water partition coefficient (Wildman–Crippen LogP) is 2.95. The van der Waals surface area contributed by atoms with Crippen LogP contribution in [-0.2, 0) is 0 Å². The summed E-state index contributed by atoms with van der Waals surface area (Å²) in [4.78, 5) is 0. The zero-order valence-corrected chi connectivity index (χ0v) is 6.53. The van der Waals surface area contributed by atoms with Gasteiger partial charge in [-0.15, -0.1) is 0 Å². The normalized spacial score (nSPS) is 8.22. The molecule has 0 N–H and O–H groups in total. The minimum Gasteiger partial charge on any atom is -0.0617 e. The van der Waals surface area contributed by atoms with Crippen molar-refractivity contribution in [2.75, 3.05) is 0 Å². The van der Waals surface area contributed by atoms with E-state index in [0.717, 1.165) is 0 Å². The van der Waals surface area contributed by atoms with Gasteiger partial charge in [-0.05, 0) is 13.8 Å². The SMILES string of the molecule is Cc1cccc(C)c1.[S]. The van der Waals surface area contributed by atoms with Crippen LogP contribution in [0.25, 0.3) is 0 Å². The molecule has 1 aromatic carbocycles. The number of hydrogen-bond acceptors (Lipinski definition) is 0. The summed E-state index contributed by atoms with van der Waals surface area (Å²) in [5.74, 6) is 0. The summed E-state index contributed by atoms with van der Waals surface area (Å²) >= 11 is 0. The highest BCUT2D eigenvalue weighted by Crippen LogP contribution is 2.00. The highest BCUT2D eigenvalue weighted by atomic mass is 32.1. The Labute approximate surface area is 63.4 Å². The van der Waals surface area contributed by atoms with Crippen LogP contribution >= 0.6 is 13.5 Å². The minimum atomic E-state index is 0. The molecule has 0 amide bonds. The van der Waals surface area contributed by atoms with Gasteiger partial charge in [0.05, 0.1) is 0 Å². The quantitative estimate of drug-likeness (QED) is 0.517. The Hall–Kier alpha value is -0.430. The Morgan fingerprint density at radius 2 is 1.44 bits per heavy atom. The maximum Gasteiger partial charge on any atom is 0 e. The first-order valence-electron chi connectivity index (χ1n) is 2.82. The third kappa shape index (κ3) is 2.56. The van der Waals surface area contributed by atoms with Crippen molar-refractivity contribution >= 4 is 13.5 Å². The topological polar surface area (TPSA) is 0 Å². The van der Waals surface area contributed by atoms with Gasteiger partial charge in [-0.1, -0.05) is 35.4 Å². The van der Waals surface area contributed by atoms with Gasteiger partial charge in [-0.25, -0.2) is 0 Å². The van der Waals surface area contributed by atoms with Gasteiger partial charge in [0.15, 0.2) is 0 Å². The molecule has 0 spiro atoms. The fourth-order valence-electron chi connectivity index (χ4n) is 0.807. The third-order valence-electron chi connectivity index (χ3n) is 1.17. The zero-order valence-electron chi connectivity index (χ0n) is 5.72. The number of benzene rings is 1. The van der Waals surface area contributed by atoms with Crippen LogP contribution in [0.2, 0.25) is 0 Å².